The van der Waals surface area contributed by atoms with Gasteiger partial charge in [0.25, 0.3) is 5.56 Å². The van der Waals surface area contributed by atoms with Gasteiger partial charge in [-0.05, 0) is 43.0 Å². The molecule has 4 rings (SSSR count). The highest BCUT2D eigenvalue weighted by atomic mass is 32.1. The Morgan fingerprint density at radius 1 is 1.35 bits per heavy atom. The smallest absolute Gasteiger partial charge is 0.260 e. The van der Waals surface area contributed by atoms with E-state index in [1.807, 2.05) is 13.1 Å². The molecular formula is C19H21FN3O2S+. The number of methoxy groups -OCH3 is 1. The lowest BCUT2D eigenvalue weighted by Gasteiger charge is -2.14. The van der Waals surface area contributed by atoms with E-state index in [1.54, 1.807) is 17.4 Å². The highest BCUT2D eigenvalue weighted by molar-refractivity contribution is 7.18. The SMILES string of the molecule is COc1ccc(C[NH+](C)Cc2nc3sc4c(c3c(=O)[nH]2)CCC4)cc1F. The summed E-state index contributed by atoms with van der Waals surface area (Å²) in [6.45, 7) is 1.20. The number of nitrogens with one attached hydrogen (secondary N) is 2. The van der Waals surface area contributed by atoms with Crippen LogP contribution < -0.4 is 15.2 Å². The average Bonchev–Trinajstić information content (AvgIpc) is 3.15. The Kier molecular flexibility index (Phi) is 4.50. The zero-order valence-corrected chi connectivity index (χ0v) is 15.6. The maximum absolute atomic E-state index is 13.8. The second-order valence-electron chi connectivity index (χ2n) is 6.83. The zero-order chi connectivity index (χ0) is 18.3. The number of hydrogen-bond acceptors (Lipinski definition) is 4. The zero-order valence-electron chi connectivity index (χ0n) is 14.8. The molecule has 2 aromatic heterocycles. The highest BCUT2D eigenvalue weighted by Crippen LogP contribution is 2.34. The van der Waals surface area contributed by atoms with Gasteiger partial charge in [-0.2, -0.15) is 0 Å². The number of quaternary nitrogens is 1. The van der Waals surface area contributed by atoms with Crippen LogP contribution in [0.2, 0.25) is 0 Å². The number of hydrogen-bond donors (Lipinski definition) is 2. The maximum atomic E-state index is 13.8. The number of thiophene rings is 1. The van der Waals surface area contributed by atoms with E-state index in [1.165, 1.54) is 23.6 Å². The first-order valence-electron chi connectivity index (χ1n) is 8.72. The number of aromatic nitrogens is 2. The number of fused-ring (bicyclic) bond motifs is 3. The molecule has 1 aliphatic rings. The standard InChI is InChI=1S/C19H20FN3O2S/c1-23(9-11-6-7-14(25-2)13(20)8-11)10-16-21-18(24)17-12-4-3-5-15(12)26-19(17)22-16/h6-8H,3-5,9-10H2,1-2H3,(H,21,22,24)/p+1. The number of H-pyrrole nitrogens is 1. The molecule has 0 saturated carbocycles. The van der Waals surface area contributed by atoms with Gasteiger partial charge in [0.05, 0.1) is 19.5 Å². The molecule has 5 nitrogen and oxygen atoms in total. The Bertz CT molecular complexity index is 1030. The van der Waals surface area contributed by atoms with Crippen LogP contribution in [0.3, 0.4) is 0 Å². The fraction of sp³-hybridized carbons (Fsp3) is 0.368. The van der Waals surface area contributed by atoms with Gasteiger partial charge in [-0.1, -0.05) is 0 Å². The van der Waals surface area contributed by atoms with Crippen LogP contribution in [0.4, 0.5) is 4.39 Å². The van der Waals surface area contributed by atoms with Crippen LogP contribution in [-0.2, 0) is 25.9 Å². The molecule has 0 amide bonds. The summed E-state index contributed by atoms with van der Waals surface area (Å²) in [5, 5.41) is 0.779. The van der Waals surface area contributed by atoms with E-state index >= 15 is 0 Å². The van der Waals surface area contributed by atoms with Crippen molar-refractivity contribution >= 4 is 21.6 Å². The monoisotopic (exact) mass is 374 g/mol. The molecule has 7 heteroatoms. The van der Waals surface area contributed by atoms with E-state index in [0.29, 0.717) is 18.9 Å². The van der Waals surface area contributed by atoms with Crippen molar-refractivity contribution in [1.82, 2.24) is 9.97 Å². The summed E-state index contributed by atoms with van der Waals surface area (Å²) in [6.07, 6.45) is 3.16. The third-order valence-corrected chi connectivity index (χ3v) is 6.00. The lowest BCUT2D eigenvalue weighted by molar-refractivity contribution is -0.908. The minimum Gasteiger partial charge on any atom is -0.494 e. The minimum absolute atomic E-state index is 0.0345. The molecular weight excluding hydrogens is 353 g/mol. The van der Waals surface area contributed by atoms with Crippen molar-refractivity contribution < 1.29 is 14.0 Å². The number of aromatic amines is 1. The first kappa shape index (κ1) is 17.2. The molecule has 1 unspecified atom stereocenters. The van der Waals surface area contributed by atoms with Crippen LogP contribution in [-0.4, -0.2) is 24.1 Å². The third kappa shape index (κ3) is 3.12. The van der Waals surface area contributed by atoms with Crippen molar-refractivity contribution in [1.29, 1.82) is 0 Å². The molecule has 0 spiro atoms. The molecule has 1 aromatic carbocycles. The van der Waals surface area contributed by atoms with Crippen molar-refractivity contribution in [2.24, 2.45) is 0 Å². The molecule has 136 valence electrons. The molecule has 1 aliphatic carbocycles. The lowest BCUT2D eigenvalue weighted by atomic mass is 10.2. The second kappa shape index (κ2) is 6.81. The second-order valence-corrected chi connectivity index (χ2v) is 7.91. The normalized spacial score (nSPS) is 14.6. The van der Waals surface area contributed by atoms with Crippen LogP contribution in [0, 0.1) is 5.82 Å². The Morgan fingerprint density at radius 2 is 2.19 bits per heavy atom. The molecule has 0 radical (unpaired) electrons. The third-order valence-electron chi connectivity index (χ3n) is 4.82. The van der Waals surface area contributed by atoms with Crippen LogP contribution >= 0.6 is 11.3 Å². The summed E-state index contributed by atoms with van der Waals surface area (Å²) < 4.78 is 18.8. The maximum Gasteiger partial charge on any atom is 0.260 e. The minimum atomic E-state index is -0.362. The number of nitrogens with zero attached hydrogens (tertiary/aromatic N) is 1. The quantitative estimate of drug-likeness (QED) is 0.716. The number of benzene rings is 1. The van der Waals surface area contributed by atoms with Gasteiger partial charge in [-0.15, -0.1) is 11.3 Å². The number of aryl methyl sites for hydroxylation is 2. The lowest BCUT2D eigenvalue weighted by Crippen LogP contribution is -3.06. The van der Waals surface area contributed by atoms with E-state index < -0.39 is 0 Å². The molecule has 0 bridgehead atoms. The van der Waals surface area contributed by atoms with Crippen LogP contribution in [0.15, 0.2) is 23.0 Å². The van der Waals surface area contributed by atoms with Crippen LogP contribution in [0.5, 0.6) is 5.75 Å². The average molecular weight is 374 g/mol. The van der Waals surface area contributed by atoms with E-state index in [4.69, 9.17) is 4.74 Å². The number of halogens is 1. The van der Waals surface area contributed by atoms with Crippen molar-refractivity contribution in [2.45, 2.75) is 32.4 Å². The summed E-state index contributed by atoms with van der Waals surface area (Å²) >= 11 is 1.65. The number of rotatable bonds is 5. The Labute approximate surface area is 154 Å². The van der Waals surface area contributed by atoms with E-state index in [9.17, 15) is 9.18 Å². The molecule has 1 atom stereocenters. The van der Waals surface area contributed by atoms with Crippen LogP contribution in [0.25, 0.3) is 10.2 Å². The van der Waals surface area contributed by atoms with Gasteiger partial charge in [0.1, 0.15) is 17.9 Å². The van der Waals surface area contributed by atoms with Crippen molar-refractivity contribution in [2.75, 3.05) is 14.2 Å². The van der Waals surface area contributed by atoms with E-state index in [0.717, 1.165) is 39.9 Å². The summed E-state index contributed by atoms with van der Waals surface area (Å²) in [6, 6.07) is 4.98. The Morgan fingerprint density at radius 3 is 2.96 bits per heavy atom. The largest absolute Gasteiger partial charge is 0.494 e. The topological polar surface area (TPSA) is 59.4 Å². The van der Waals surface area contributed by atoms with Gasteiger partial charge >= 0.3 is 0 Å². The highest BCUT2D eigenvalue weighted by Gasteiger charge is 2.21. The summed E-state index contributed by atoms with van der Waals surface area (Å²) in [5.41, 5.74) is 2.03. The first-order valence-corrected chi connectivity index (χ1v) is 9.54. The van der Waals surface area contributed by atoms with Gasteiger partial charge in [-0.25, -0.2) is 9.37 Å². The molecule has 0 aliphatic heterocycles. The van der Waals surface area contributed by atoms with E-state index in [-0.39, 0.29) is 17.1 Å². The predicted molar refractivity (Wildman–Crippen MR) is 99.5 cm³/mol. The molecule has 2 N–H and O–H groups in total. The fourth-order valence-electron chi connectivity index (χ4n) is 3.65. The summed E-state index contributed by atoms with van der Waals surface area (Å²) in [5.74, 6) is 0.557. The summed E-state index contributed by atoms with van der Waals surface area (Å²) in [4.78, 5) is 23.4. The van der Waals surface area contributed by atoms with Gasteiger partial charge in [0.2, 0.25) is 0 Å². The van der Waals surface area contributed by atoms with Gasteiger partial charge in [0.15, 0.2) is 17.4 Å². The van der Waals surface area contributed by atoms with E-state index in [2.05, 4.69) is 9.97 Å². The van der Waals surface area contributed by atoms with Crippen LogP contribution in [0.1, 0.15) is 28.2 Å². The van der Waals surface area contributed by atoms with Gasteiger partial charge in [-0.3, -0.25) is 4.79 Å². The Hall–Kier alpha value is -2.25. The summed E-state index contributed by atoms with van der Waals surface area (Å²) in [7, 11) is 3.45. The van der Waals surface area contributed by atoms with Crippen molar-refractivity contribution in [3.63, 3.8) is 0 Å². The number of ether oxygens (including phenoxy) is 1. The van der Waals surface area contributed by atoms with Crippen molar-refractivity contribution in [3.05, 3.63) is 56.2 Å². The van der Waals surface area contributed by atoms with Gasteiger partial charge < -0.3 is 14.6 Å². The molecule has 2 heterocycles. The first-order chi connectivity index (χ1) is 12.5. The Balaban J connectivity index is 1.53. The predicted octanol–water partition coefficient (Wildman–Crippen LogP) is 1.84. The molecule has 0 fully saturated rings. The fourth-order valence-corrected chi connectivity index (χ4v) is 4.93. The molecule has 0 saturated heterocycles. The molecule has 26 heavy (non-hydrogen) atoms. The van der Waals surface area contributed by atoms with Crippen molar-refractivity contribution in [3.8, 4) is 5.75 Å². The molecule has 3 aromatic rings. The van der Waals surface area contributed by atoms with Gasteiger partial charge in [0, 0.05) is 10.4 Å².